The maximum Gasteiger partial charge on any atom is 0.336 e. The van der Waals surface area contributed by atoms with Crippen molar-refractivity contribution >= 4 is 12.3 Å². The molecular formula is C10H10O5. The van der Waals surface area contributed by atoms with Crippen molar-refractivity contribution < 1.29 is 24.2 Å². The third-order valence-electron chi connectivity index (χ3n) is 1.92. The number of benzene rings is 1. The molecule has 0 bridgehead atoms. The Hall–Kier alpha value is -2.04. The maximum atomic E-state index is 10.8. The van der Waals surface area contributed by atoms with E-state index in [4.69, 9.17) is 14.6 Å². The van der Waals surface area contributed by atoms with Crippen molar-refractivity contribution in [3.8, 4) is 11.5 Å². The number of hydrogen-bond donors (Lipinski definition) is 1. The van der Waals surface area contributed by atoms with Gasteiger partial charge in [-0.2, -0.15) is 0 Å². The molecule has 1 aromatic rings. The lowest BCUT2D eigenvalue weighted by Gasteiger charge is -2.09. The standard InChI is InChI=1S/C10H10O5/c1-14-6-3-7(10(12)13)8(5-11)9(4-6)15-2/h3-5H,1-2H3,(H,12,13). The first-order valence-corrected chi connectivity index (χ1v) is 4.08. The second-order valence-corrected chi connectivity index (χ2v) is 2.71. The highest BCUT2D eigenvalue weighted by molar-refractivity contribution is 5.99. The van der Waals surface area contributed by atoms with E-state index in [0.717, 1.165) is 0 Å². The van der Waals surface area contributed by atoms with Crippen LogP contribution in [0.15, 0.2) is 12.1 Å². The second-order valence-electron chi connectivity index (χ2n) is 2.71. The Kier molecular flexibility index (Phi) is 3.28. The number of methoxy groups -OCH3 is 2. The summed E-state index contributed by atoms with van der Waals surface area (Å²) in [6.45, 7) is 0. The summed E-state index contributed by atoms with van der Waals surface area (Å²) in [4.78, 5) is 21.6. The Bertz CT molecular complexity index is 397. The van der Waals surface area contributed by atoms with Crippen molar-refractivity contribution in [2.75, 3.05) is 14.2 Å². The highest BCUT2D eigenvalue weighted by Crippen LogP contribution is 2.27. The van der Waals surface area contributed by atoms with Crippen molar-refractivity contribution in [2.45, 2.75) is 0 Å². The van der Waals surface area contributed by atoms with Gasteiger partial charge >= 0.3 is 5.97 Å². The van der Waals surface area contributed by atoms with Crippen molar-refractivity contribution in [1.82, 2.24) is 0 Å². The summed E-state index contributed by atoms with van der Waals surface area (Å²) in [5.41, 5.74) is -0.132. The van der Waals surface area contributed by atoms with Gasteiger partial charge in [0.05, 0.1) is 25.3 Å². The van der Waals surface area contributed by atoms with Crippen molar-refractivity contribution in [1.29, 1.82) is 0 Å². The Balaban J connectivity index is 3.45. The van der Waals surface area contributed by atoms with Crippen LogP contribution in [0.25, 0.3) is 0 Å². The van der Waals surface area contributed by atoms with Crippen LogP contribution in [0.3, 0.4) is 0 Å². The molecule has 0 saturated heterocycles. The van der Waals surface area contributed by atoms with E-state index in [9.17, 15) is 9.59 Å². The zero-order valence-corrected chi connectivity index (χ0v) is 8.31. The number of aldehydes is 1. The van der Waals surface area contributed by atoms with Crippen LogP contribution < -0.4 is 9.47 Å². The summed E-state index contributed by atoms with van der Waals surface area (Å²) in [6, 6.07) is 2.73. The number of carbonyl (C=O) groups excluding carboxylic acids is 1. The highest BCUT2D eigenvalue weighted by atomic mass is 16.5. The first-order chi connectivity index (χ1) is 7.13. The summed E-state index contributed by atoms with van der Waals surface area (Å²) < 4.78 is 9.78. The number of aromatic carboxylic acids is 1. The van der Waals surface area contributed by atoms with Gasteiger partial charge in [-0.25, -0.2) is 4.79 Å². The average Bonchev–Trinajstić information content (AvgIpc) is 2.26. The summed E-state index contributed by atoms with van der Waals surface area (Å²) in [5, 5.41) is 8.87. The molecular weight excluding hydrogens is 200 g/mol. The fraction of sp³-hybridized carbons (Fsp3) is 0.200. The molecule has 0 unspecified atom stereocenters. The van der Waals surface area contributed by atoms with E-state index < -0.39 is 5.97 Å². The Morgan fingerprint density at radius 3 is 2.40 bits per heavy atom. The van der Waals surface area contributed by atoms with E-state index in [0.29, 0.717) is 12.0 Å². The fourth-order valence-corrected chi connectivity index (χ4v) is 1.19. The van der Waals surface area contributed by atoms with Crippen molar-refractivity contribution in [3.63, 3.8) is 0 Å². The van der Waals surface area contributed by atoms with Gasteiger partial charge in [-0.15, -0.1) is 0 Å². The van der Waals surface area contributed by atoms with Crippen LogP contribution in [0.5, 0.6) is 11.5 Å². The average molecular weight is 210 g/mol. The van der Waals surface area contributed by atoms with Gasteiger partial charge in [-0.05, 0) is 6.07 Å². The van der Waals surface area contributed by atoms with E-state index >= 15 is 0 Å². The van der Waals surface area contributed by atoms with Gasteiger partial charge in [-0.1, -0.05) is 0 Å². The van der Waals surface area contributed by atoms with Crippen LogP contribution in [-0.4, -0.2) is 31.6 Å². The molecule has 0 aromatic heterocycles. The number of ether oxygens (including phenoxy) is 2. The van der Waals surface area contributed by atoms with Gasteiger partial charge in [0, 0.05) is 6.07 Å². The largest absolute Gasteiger partial charge is 0.497 e. The highest BCUT2D eigenvalue weighted by Gasteiger charge is 2.16. The van der Waals surface area contributed by atoms with Gasteiger partial charge in [0.1, 0.15) is 11.5 Å². The Morgan fingerprint density at radius 2 is 2.00 bits per heavy atom. The molecule has 0 radical (unpaired) electrons. The monoisotopic (exact) mass is 210 g/mol. The molecule has 5 heteroatoms. The van der Waals surface area contributed by atoms with Crippen LogP contribution in [0.4, 0.5) is 0 Å². The minimum Gasteiger partial charge on any atom is -0.497 e. The van der Waals surface area contributed by atoms with Gasteiger partial charge in [0.25, 0.3) is 0 Å². The van der Waals surface area contributed by atoms with Crippen LogP contribution in [0.2, 0.25) is 0 Å². The normalized spacial score (nSPS) is 9.47. The lowest BCUT2D eigenvalue weighted by molar-refractivity contribution is 0.0693. The number of rotatable bonds is 4. The summed E-state index contributed by atoms with van der Waals surface area (Å²) in [5.74, 6) is -0.689. The van der Waals surface area contributed by atoms with Crippen LogP contribution in [0.1, 0.15) is 20.7 Å². The lowest BCUT2D eigenvalue weighted by atomic mass is 10.1. The Labute approximate surface area is 86.2 Å². The minimum atomic E-state index is -1.20. The molecule has 0 saturated carbocycles. The lowest BCUT2D eigenvalue weighted by Crippen LogP contribution is -2.04. The van der Waals surface area contributed by atoms with Crippen molar-refractivity contribution in [2.24, 2.45) is 0 Å². The predicted octanol–water partition coefficient (Wildman–Crippen LogP) is 1.21. The molecule has 80 valence electrons. The molecule has 1 N–H and O–H groups in total. The third kappa shape index (κ3) is 2.07. The van der Waals surface area contributed by atoms with Crippen molar-refractivity contribution in [3.05, 3.63) is 23.3 Å². The van der Waals surface area contributed by atoms with E-state index in [1.165, 1.54) is 26.4 Å². The quantitative estimate of drug-likeness (QED) is 0.756. The molecule has 1 aromatic carbocycles. The van der Waals surface area contributed by atoms with Gasteiger partial charge in [-0.3, -0.25) is 4.79 Å². The van der Waals surface area contributed by atoms with E-state index in [2.05, 4.69) is 0 Å². The molecule has 0 amide bonds. The topological polar surface area (TPSA) is 72.8 Å². The third-order valence-corrected chi connectivity index (χ3v) is 1.92. The summed E-state index contributed by atoms with van der Waals surface area (Å²) in [6.07, 6.45) is 0.446. The molecule has 0 fully saturated rings. The number of carboxylic acid groups (broad SMARTS) is 1. The molecule has 5 nitrogen and oxygen atoms in total. The zero-order valence-electron chi connectivity index (χ0n) is 8.31. The minimum absolute atomic E-state index is 0.00537. The molecule has 0 spiro atoms. The second kappa shape index (κ2) is 4.45. The molecule has 0 aliphatic heterocycles. The zero-order chi connectivity index (χ0) is 11.4. The first-order valence-electron chi connectivity index (χ1n) is 4.08. The summed E-state index contributed by atoms with van der Waals surface area (Å²) in [7, 11) is 2.76. The SMILES string of the molecule is COc1cc(OC)c(C=O)c(C(=O)O)c1. The first kappa shape index (κ1) is 11.0. The van der Waals surface area contributed by atoms with Gasteiger partial charge in [0.2, 0.25) is 0 Å². The number of carboxylic acids is 1. The molecule has 0 aliphatic rings. The van der Waals surface area contributed by atoms with Crippen LogP contribution in [0, 0.1) is 0 Å². The molecule has 15 heavy (non-hydrogen) atoms. The maximum absolute atomic E-state index is 10.8. The van der Waals surface area contributed by atoms with E-state index in [1.807, 2.05) is 0 Å². The van der Waals surface area contributed by atoms with Crippen LogP contribution >= 0.6 is 0 Å². The summed E-state index contributed by atoms with van der Waals surface area (Å²) >= 11 is 0. The van der Waals surface area contributed by atoms with Gasteiger partial charge in [0.15, 0.2) is 6.29 Å². The van der Waals surface area contributed by atoms with E-state index in [1.54, 1.807) is 0 Å². The van der Waals surface area contributed by atoms with E-state index in [-0.39, 0.29) is 16.9 Å². The fourth-order valence-electron chi connectivity index (χ4n) is 1.19. The molecule has 0 heterocycles. The number of hydrogen-bond acceptors (Lipinski definition) is 4. The van der Waals surface area contributed by atoms with Crippen LogP contribution in [-0.2, 0) is 0 Å². The Morgan fingerprint density at radius 1 is 1.33 bits per heavy atom. The van der Waals surface area contributed by atoms with Gasteiger partial charge < -0.3 is 14.6 Å². The number of carbonyl (C=O) groups is 2. The predicted molar refractivity (Wildman–Crippen MR) is 51.9 cm³/mol. The smallest absolute Gasteiger partial charge is 0.336 e. The molecule has 0 atom stereocenters. The molecule has 0 aliphatic carbocycles. The molecule has 1 rings (SSSR count).